The highest BCUT2D eigenvalue weighted by atomic mass is 32.1. The van der Waals surface area contributed by atoms with Gasteiger partial charge in [0.05, 0.1) is 10.4 Å². The summed E-state index contributed by atoms with van der Waals surface area (Å²) in [6.07, 6.45) is 4.58. The minimum atomic E-state index is -0.409. The summed E-state index contributed by atoms with van der Waals surface area (Å²) >= 11 is 1.54. The fourth-order valence-corrected chi connectivity index (χ4v) is 2.25. The highest BCUT2D eigenvalue weighted by molar-refractivity contribution is 7.13. The summed E-state index contributed by atoms with van der Waals surface area (Å²) in [6, 6.07) is 7.04. The lowest BCUT2D eigenvalue weighted by Gasteiger charge is -2.01. The quantitative estimate of drug-likeness (QED) is 0.689. The average molecular weight is 286 g/mol. The number of esters is 1. The van der Waals surface area contributed by atoms with Crippen LogP contribution in [0.2, 0.25) is 0 Å². The molecule has 0 aliphatic carbocycles. The number of pyridine rings is 1. The molecule has 0 radical (unpaired) electrons. The molecule has 0 atom stereocenters. The van der Waals surface area contributed by atoms with E-state index in [4.69, 9.17) is 9.15 Å². The Bertz CT molecular complexity index is 692. The van der Waals surface area contributed by atoms with Gasteiger partial charge in [-0.05, 0) is 23.6 Å². The molecule has 0 aliphatic rings. The first-order chi connectivity index (χ1) is 9.83. The summed E-state index contributed by atoms with van der Waals surface area (Å²) in [5.74, 6) is 0.128. The van der Waals surface area contributed by atoms with Crippen LogP contribution in [0.15, 0.2) is 52.7 Å². The maximum atomic E-state index is 11.7. The van der Waals surface area contributed by atoms with Crippen LogP contribution in [0.5, 0.6) is 0 Å². The lowest BCUT2D eigenvalue weighted by atomic mass is 10.3. The lowest BCUT2D eigenvalue weighted by molar-refractivity contribution is 0.0467. The van der Waals surface area contributed by atoms with Crippen molar-refractivity contribution in [3.05, 3.63) is 59.6 Å². The highest BCUT2D eigenvalue weighted by Gasteiger charge is 2.11. The van der Waals surface area contributed by atoms with Crippen molar-refractivity contribution in [3.8, 4) is 10.8 Å². The van der Waals surface area contributed by atoms with Crippen molar-refractivity contribution >= 4 is 17.3 Å². The first-order valence-electron chi connectivity index (χ1n) is 5.88. The van der Waals surface area contributed by atoms with Crippen LogP contribution in [0.25, 0.3) is 10.8 Å². The first kappa shape index (κ1) is 12.6. The molecular weight excluding hydrogens is 276 g/mol. The summed E-state index contributed by atoms with van der Waals surface area (Å²) in [5.41, 5.74) is 1.04. The van der Waals surface area contributed by atoms with Gasteiger partial charge in [-0.2, -0.15) is 0 Å². The Morgan fingerprint density at radius 2 is 2.15 bits per heavy atom. The van der Waals surface area contributed by atoms with E-state index in [1.165, 1.54) is 17.6 Å². The van der Waals surface area contributed by atoms with Gasteiger partial charge in [0.15, 0.2) is 0 Å². The Labute approximate surface area is 118 Å². The number of rotatable bonds is 4. The maximum Gasteiger partial charge on any atom is 0.338 e. The molecule has 3 rings (SSSR count). The molecule has 0 amide bonds. The molecule has 0 spiro atoms. The van der Waals surface area contributed by atoms with Crippen LogP contribution in [-0.2, 0) is 11.3 Å². The fourth-order valence-electron chi connectivity index (χ4n) is 1.60. The van der Waals surface area contributed by atoms with Gasteiger partial charge in [0, 0.05) is 12.4 Å². The Morgan fingerprint density at radius 1 is 1.30 bits per heavy atom. The molecule has 0 N–H and O–H groups in total. The summed E-state index contributed by atoms with van der Waals surface area (Å²) in [5, 5.41) is 1.95. The molecule has 3 heterocycles. The molecule has 0 aliphatic heterocycles. The van der Waals surface area contributed by atoms with Crippen molar-refractivity contribution in [1.29, 1.82) is 0 Å². The Balaban J connectivity index is 1.63. The van der Waals surface area contributed by atoms with E-state index in [9.17, 15) is 4.79 Å². The molecule has 0 saturated heterocycles. The topological polar surface area (TPSA) is 65.2 Å². The number of oxazole rings is 1. The summed E-state index contributed by atoms with van der Waals surface area (Å²) in [6.45, 7) is 0.0794. The van der Waals surface area contributed by atoms with Crippen molar-refractivity contribution in [3.63, 3.8) is 0 Å². The van der Waals surface area contributed by atoms with E-state index in [1.54, 1.807) is 24.5 Å². The molecule has 6 heteroatoms. The van der Waals surface area contributed by atoms with Crippen LogP contribution in [0, 0.1) is 0 Å². The van der Waals surface area contributed by atoms with Crippen molar-refractivity contribution in [1.82, 2.24) is 9.97 Å². The van der Waals surface area contributed by atoms with Crippen LogP contribution in [0.4, 0.5) is 0 Å². The van der Waals surface area contributed by atoms with E-state index in [0.29, 0.717) is 17.1 Å². The number of hydrogen-bond donors (Lipinski definition) is 0. The SMILES string of the molecule is O=C(OCc1coc(-c2cccs2)n1)c1ccncc1. The Kier molecular flexibility index (Phi) is 3.56. The maximum absolute atomic E-state index is 11.7. The molecule has 3 aromatic rings. The molecule has 3 aromatic heterocycles. The smallest absolute Gasteiger partial charge is 0.338 e. The zero-order valence-electron chi connectivity index (χ0n) is 10.4. The number of carbonyl (C=O) groups excluding carboxylic acids is 1. The molecule has 0 aromatic carbocycles. The van der Waals surface area contributed by atoms with Gasteiger partial charge < -0.3 is 9.15 Å². The van der Waals surface area contributed by atoms with Crippen LogP contribution in [-0.4, -0.2) is 15.9 Å². The summed E-state index contributed by atoms with van der Waals surface area (Å²) in [4.78, 5) is 20.8. The predicted molar refractivity (Wildman–Crippen MR) is 73.2 cm³/mol. The third-order valence-corrected chi connectivity index (χ3v) is 3.41. The second-order valence-electron chi connectivity index (χ2n) is 3.93. The molecule has 0 saturated carbocycles. The third-order valence-electron chi connectivity index (χ3n) is 2.55. The number of aromatic nitrogens is 2. The normalized spacial score (nSPS) is 10.4. The number of thiophene rings is 1. The van der Waals surface area contributed by atoms with E-state index >= 15 is 0 Å². The number of carbonyl (C=O) groups is 1. The second-order valence-corrected chi connectivity index (χ2v) is 4.88. The standard InChI is InChI=1S/C14H10N2O3S/c17-14(10-3-5-15-6-4-10)19-9-11-8-18-13(16-11)12-2-1-7-20-12/h1-8H,9H2. The monoisotopic (exact) mass is 286 g/mol. The molecular formula is C14H10N2O3S. The van der Waals surface area contributed by atoms with Crippen molar-refractivity contribution < 1.29 is 13.9 Å². The molecule has 100 valence electrons. The number of nitrogens with zero attached hydrogens (tertiary/aromatic N) is 2. The molecule has 0 unspecified atom stereocenters. The van der Waals surface area contributed by atoms with Gasteiger partial charge in [-0.3, -0.25) is 4.98 Å². The highest BCUT2D eigenvalue weighted by Crippen LogP contribution is 2.23. The molecule has 5 nitrogen and oxygen atoms in total. The van der Waals surface area contributed by atoms with Crippen LogP contribution in [0.3, 0.4) is 0 Å². The summed E-state index contributed by atoms with van der Waals surface area (Å²) in [7, 11) is 0. The van der Waals surface area contributed by atoms with Gasteiger partial charge in [-0.15, -0.1) is 11.3 Å². The Morgan fingerprint density at radius 3 is 2.90 bits per heavy atom. The minimum Gasteiger partial charge on any atom is -0.455 e. The van der Waals surface area contributed by atoms with Gasteiger partial charge in [0.1, 0.15) is 18.6 Å². The van der Waals surface area contributed by atoms with E-state index in [1.807, 2.05) is 17.5 Å². The van der Waals surface area contributed by atoms with E-state index in [2.05, 4.69) is 9.97 Å². The predicted octanol–water partition coefficient (Wildman–Crippen LogP) is 3.16. The molecule has 0 bridgehead atoms. The van der Waals surface area contributed by atoms with E-state index in [-0.39, 0.29) is 6.61 Å². The van der Waals surface area contributed by atoms with Gasteiger partial charge in [0.25, 0.3) is 0 Å². The van der Waals surface area contributed by atoms with Crippen LogP contribution in [0.1, 0.15) is 16.1 Å². The molecule has 20 heavy (non-hydrogen) atoms. The third kappa shape index (κ3) is 2.75. The van der Waals surface area contributed by atoms with E-state index < -0.39 is 5.97 Å². The average Bonchev–Trinajstić information content (AvgIpc) is 3.16. The van der Waals surface area contributed by atoms with Crippen molar-refractivity contribution in [2.75, 3.05) is 0 Å². The van der Waals surface area contributed by atoms with E-state index in [0.717, 1.165) is 4.88 Å². The van der Waals surface area contributed by atoms with Gasteiger partial charge >= 0.3 is 5.97 Å². The van der Waals surface area contributed by atoms with Crippen LogP contribution >= 0.6 is 11.3 Å². The first-order valence-corrected chi connectivity index (χ1v) is 6.76. The number of ether oxygens (including phenoxy) is 1. The lowest BCUT2D eigenvalue weighted by Crippen LogP contribution is -2.05. The zero-order chi connectivity index (χ0) is 13.8. The van der Waals surface area contributed by atoms with Crippen LogP contribution < -0.4 is 0 Å². The van der Waals surface area contributed by atoms with Crippen molar-refractivity contribution in [2.45, 2.75) is 6.61 Å². The Hall–Kier alpha value is -2.47. The van der Waals surface area contributed by atoms with Crippen molar-refractivity contribution in [2.24, 2.45) is 0 Å². The fraction of sp³-hybridized carbons (Fsp3) is 0.0714. The van der Waals surface area contributed by atoms with Gasteiger partial charge in [-0.25, -0.2) is 9.78 Å². The largest absolute Gasteiger partial charge is 0.455 e. The van der Waals surface area contributed by atoms with Gasteiger partial charge in [0.2, 0.25) is 5.89 Å². The minimum absolute atomic E-state index is 0.0794. The van der Waals surface area contributed by atoms with Gasteiger partial charge in [-0.1, -0.05) is 6.07 Å². The molecule has 0 fully saturated rings. The second kappa shape index (κ2) is 5.66. The summed E-state index contributed by atoms with van der Waals surface area (Å²) < 4.78 is 10.5. The number of hydrogen-bond acceptors (Lipinski definition) is 6. The zero-order valence-corrected chi connectivity index (χ0v) is 11.2.